The maximum Gasteiger partial charge on any atom is 0.408 e. The first kappa shape index (κ1) is 15.9. The molecule has 1 aromatic carbocycles. The van der Waals surface area contributed by atoms with Crippen LogP contribution in [-0.2, 0) is 16.1 Å². The average Bonchev–Trinajstić information content (AvgIpc) is 2.43. The van der Waals surface area contributed by atoms with Crippen molar-refractivity contribution in [2.75, 3.05) is 6.54 Å². The Balaban J connectivity index is 2.48. The van der Waals surface area contributed by atoms with Crippen molar-refractivity contribution >= 4 is 12.1 Å². The van der Waals surface area contributed by atoms with Gasteiger partial charge in [0.25, 0.3) is 0 Å². The van der Waals surface area contributed by atoms with Crippen LogP contribution < -0.4 is 11.1 Å². The number of aliphatic carboxylic acids is 1. The second-order valence-electron chi connectivity index (χ2n) is 4.17. The number of nitrogens with one attached hydrogen (secondary N) is 1. The molecule has 0 aliphatic heterocycles. The van der Waals surface area contributed by atoms with Crippen LogP contribution in [0.3, 0.4) is 0 Å². The van der Waals surface area contributed by atoms with E-state index >= 15 is 0 Å². The predicted octanol–water partition coefficient (Wildman–Crippen LogP) is 0.0757. The van der Waals surface area contributed by atoms with E-state index in [-0.39, 0.29) is 19.6 Å². The summed E-state index contributed by atoms with van der Waals surface area (Å²) in [7, 11) is 0. The number of hydrogen-bond donors (Lipinski definition) is 4. The quantitative estimate of drug-likeness (QED) is 0.561. The van der Waals surface area contributed by atoms with Crippen LogP contribution in [-0.4, -0.2) is 41.0 Å². The Morgan fingerprint density at radius 3 is 2.50 bits per heavy atom. The van der Waals surface area contributed by atoms with Crippen LogP contribution in [0.1, 0.15) is 12.0 Å². The van der Waals surface area contributed by atoms with Gasteiger partial charge in [-0.1, -0.05) is 30.3 Å². The zero-order valence-electron chi connectivity index (χ0n) is 10.9. The molecule has 0 aromatic heterocycles. The molecule has 1 aromatic rings. The fraction of sp³-hybridized carbons (Fsp3) is 0.385. The van der Waals surface area contributed by atoms with Gasteiger partial charge in [0.05, 0.1) is 6.10 Å². The molecular formula is C13H18N2O5. The Kier molecular flexibility index (Phi) is 6.48. The van der Waals surface area contributed by atoms with E-state index in [1.54, 1.807) is 24.3 Å². The minimum atomic E-state index is -1.44. The van der Waals surface area contributed by atoms with Crippen molar-refractivity contribution in [1.29, 1.82) is 0 Å². The highest BCUT2D eigenvalue weighted by molar-refractivity contribution is 5.80. The van der Waals surface area contributed by atoms with Gasteiger partial charge in [-0.05, 0) is 18.5 Å². The SMILES string of the molecule is NCCC(O)C(NC(=O)OCc1ccccc1)C(=O)O. The van der Waals surface area contributed by atoms with Crippen molar-refractivity contribution in [3.63, 3.8) is 0 Å². The summed E-state index contributed by atoms with van der Waals surface area (Å²) in [6.45, 7) is 0.137. The first-order valence-electron chi connectivity index (χ1n) is 6.12. The number of amides is 1. The van der Waals surface area contributed by atoms with Gasteiger partial charge in [0.1, 0.15) is 6.61 Å². The lowest BCUT2D eigenvalue weighted by Gasteiger charge is -2.19. The van der Waals surface area contributed by atoms with Gasteiger partial charge in [-0.25, -0.2) is 9.59 Å². The number of carbonyl (C=O) groups is 2. The molecule has 110 valence electrons. The van der Waals surface area contributed by atoms with E-state index in [1.165, 1.54) is 0 Å². The summed E-state index contributed by atoms with van der Waals surface area (Å²) in [5, 5.41) is 20.6. The number of nitrogens with two attached hydrogens (primary N) is 1. The van der Waals surface area contributed by atoms with E-state index in [0.717, 1.165) is 5.56 Å². The first-order valence-corrected chi connectivity index (χ1v) is 6.12. The second-order valence-corrected chi connectivity index (χ2v) is 4.17. The van der Waals surface area contributed by atoms with E-state index in [2.05, 4.69) is 5.32 Å². The Labute approximate surface area is 116 Å². The predicted molar refractivity (Wildman–Crippen MR) is 70.9 cm³/mol. The van der Waals surface area contributed by atoms with Gasteiger partial charge >= 0.3 is 12.1 Å². The molecule has 2 unspecified atom stereocenters. The molecule has 0 fully saturated rings. The molecule has 2 atom stereocenters. The summed E-state index contributed by atoms with van der Waals surface area (Å²) in [5.74, 6) is -1.34. The Bertz CT molecular complexity index is 438. The molecule has 0 spiro atoms. The van der Waals surface area contributed by atoms with Gasteiger partial charge in [0.15, 0.2) is 6.04 Å². The maximum absolute atomic E-state index is 11.5. The molecule has 7 heteroatoms. The Morgan fingerprint density at radius 2 is 1.95 bits per heavy atom. The normalized spacial score (nSPS) is 13.3. The first-order chi connectivity index (χ1) is 9.54. The number of hydrogen-bond acceptors (Lipinski definition) is 5. The van der Waals surface area contributed by atoms with Crippen LogP contribution in [0.2, 0.25) is 0 Å². The Morgan fingerprint density at radius 1 is 1.30 bits per heavy atom. The van der Waals surface area contributed by atoms with Crippen LogP contribution in [0, 0.1) is 0 Å². The number of aliphatic hydroxyl groups is 1. The fourth-order valence-corrected chi connectivity index (χ4v) is 1.55. The van der Waals surface area contributed by atoms with Crippen LogP contribution in [0.5, 0.6) is 0 Å². The van der Waals surface area contributed by atoms with Crippen molar-refractivity contribution in [3.8, 4) is 0 Å². The molecule has 0 saturated carbocycles. The van der Waals surface area contributed by atoms with Crippen LogP contribution in [0.4, 0.5) is 4.79 Å². The van der Waals surface area contributed by atoms with Gasteiger partial charge in [-0.15, -0.1) is 0 Å². The van der Waals surface area contributed by atoms with Crippen LogP contribution in [0.25, 0.3) is 0 Å². The fourth-order valence-electron chi connectivity index (χ4n) is 1.55. The monoisotopic (exact) mass is 282 g/mol. The third-order valence-corrected chi connectivity index (χ3v) is 2.60. The molecule has 0 bridgehead atoms. The number of alkyl carbamates (subject to hydrolysis) is 1. The van der Waals surface area contributed by atoms with Crippen molar-refractivity contribution in [2.45, 2.75) is 25.2 Å². The number of ether oxygens (including phenoxy) is 1. The van der Waals surface area contributed by atoms with E-state index < -0.39 is 24.2 Å². The zero-order chi connectivity index (χ0) is 15.0. The van der Waals surface area contributed by atoms with Gasteiger partial charge in [-0.3, -0.25) is 0 Å². The van der Waals surface area contributed by atoms with E-state index in [0.29, 0.717) is 0 Å². The number of carboxylic acids is 1. The second kappa shape index (κ2) is 8.13. The van der Waals surface area contributed by atoms with Gasteiger partial charge in [0, 0.05) is 0 Å². The summed E-state index contributed by atoms with van der Waals surface area (Å²) in [6.07, 6.45) is -2.10. The van der Waals surface area contributed by atoms with E-state index in [4.69, 9.17) is 15.6 Å². The van der Waals surface area contributed by atoms with Crippen molar-refractivity contribution in [3.05, 3.63) is 35.9 Å². The minimum absolute atomic E-state index is 0.0198. The topological polar surface area (TPSA) is 122 Å². The minimum Gasteiger partial charge on any atom is -0.480 e. The molecule has 0 heterocycles. The summed E-state index contributed by atoms with van der Waals surface area (Å²) < 4.78 is 4.88. The van der Waals surface area contributed by atoms with Crippen LogP contribution in [0.15, 0.2) is 30.3 Å². The Hall–Kier alpha value is -2.12. The van der Waals surface area contributed by atoms with Crippen LogP contribution >= 0.6 is 0 Å². The molecule has 0 saturated heterocycles. The summed E-state index contributed by atoms with van der Waals surface area (Å²) >= 11 is 0. The molecule has 1 rings (SSSR count). The zero-order valence-corrected chi connectivity index (χ0v) is 10.9. The molecule has 7 nitrogen and oxygen atoms in total. The molecule has 1 amide bonds. The van der Waals surface area contributed by atoms with Crippen molar-refractivity contribution < 1.29 is 24.5 Å². The number of aliphatic hydroxyl groups excluding tert-OH is 1. The van der Waals surface area contributed by atoms with Crippen molar-refractivity contribution in [1.82, 2.24) is 5.32 Å². The van der Waals surface area contributed by atoms with Gasteiger partial charge < -0.3 is 26.0 Å². The molecule has 20 heavy (non-hydrogen) atoms. The third kappa shape index (κ3) is 5.25. The molecule has 0 radical (unpaired) electrons. The largest absolute Gasteiger partial charge is 0.480 e. The number of carbonyl (C=O) groups excluding carboxylic acids is 1. The summed E-state index contributed by atoms with van der Waals surface area (Å²) in [4.78, 5) is 22.5. The highest BCUT2D eigenvalue weighted by Crippen LogP contribution is 2.03. The van der Waals surface area contributed by atoms with E-state index in [1.807, 2.05) is 6.07 Å². The lowest BCUT2D eigenvalue weighted by Crippen LogP contribution is -2.49. The molecule has 0 aliphatic rings. The molecule has 5 N–H and O–H groups in total. The number of rotatable bonds is 7. The maximum atomic E-state index is 11.5. The molecule has 0 aliphatic carbocycles. The number of carboxylic acid groups (broad SMARTS) is 1. The van der Waals surface area contributed by atoms with E-state index in [9.17, 15) is 14.7 Å². The van der Waals surface area contributed by atoms with Gasteiger partial charge in [0.2, 0.25) is 0 Å². The molecular weight excluding hydrogens is 264 g/mol. The van der Waals surface area contributed by atoms with Crippen molar-refractivity contribution in [2.24, 2.45) is 5.73 Å². The summed E-state index contributed by atoms with van der Waals surface area (Å²) in [5.41, 5.74) is 6.01. The standard InChI is InChI=1S/C13H18N2O5/c14-7-6-10(16)11(12(17)18)15-13(19)20-8-9-4-2-1-3-5-9/h1-5,10-11,16H,6-8,14H2,(H,15,19)(H,17,18). The average molecular weight is 282 g/mol. The highest BCUT2D eigenvalue weighted by Gasteiger charge is 2.28. The lowest BCUT2D eigenvalue weighted by atomic mass is 10.1. The lowest BCUT2D eigenvalue weighted by molar-refractivity contribution is -0.142. The van der Waals surface area contributed by atoms with Gasteiger partial charge in [-0.2, -0.15) is 0 Å². The number of benzene rings is 1. The summed E-state index contributed by atoms with van der Waals surface area (Å²) in [6, 6.07) is 7.51. The third-order valence-electron chi connectivity index (χ3n) is 2.60. The smallest absolute Gasteiger partial charge is 0.408 e. The highest BCUT2D eigenvalue weighted by atomic mass is 16.5.